The third kappa shape index (κ3) is 5.78. The molecule has 11 nitrogen and oxygen atoms in total. The molecule has 0 spiro atoms. The summed E-state index contributed by atoms with van der Waals surface area (Å²) in [6, 6.07) is 6.75. The van der Waals surface area contributed by atoms with Crippen LogP contribution in [0.15, 0.2) is 30.5 Å². The zero-order valence-electron chi connectivity index (χ0n) is 18.3. The summed E-state index contributed by atoms with van der Waals surface area (Å²) in [6.07, 6.45) is 1.59. The zero-order valence-corrected chi connectivity index (χ0v) is 18.3. The molecule has 0 aliphatic rings. The Morgan fingerprint density at radius 3 is 2.41 bits per heavy atom. The lowest BCUT2D eigenvalue weighted by atomic mass is 10.2. The Morgan fingerprint density at radius 2 is 1.75 bits per heavy atom. The van der Waals surface area contributed by atoms with E-state index in [2.05, 4.69) is 19.9 Å². The number of fused-ring (bicyclic) bond motifs is 1. The monoisotopic (exact) mass is 439 g/mol. The molecule has 0 aliphatic heterocycles. The minimum absolute atomic E-state index is 0.0406. The summed E-state index contributed by atoms with van der Waals surface area (Å²) in [4.78, 5) is 42.4. The van der Waals surface area contributed by atoms with Gasteiger partial charge in [0, 0.05) is 12.7 Å². The van der Waals surface area contributed by atoms with E-state index in [4.69, 9.17) is 20.9 Å². The molecule has 4 N–H and O–H groups in total. The standard InChI is InChI=1S/C21H25N7O4/c1-21(2,3)32-15(29)11-31-19(30)12-5-7-14(8-6-12)28(4)10-13-9-24-18-16(25-13)17(22)26-20(23)27-18/h5-9H,10-11H2,1-4H3,(H4,22,23,24,26,27). The number of rotatable bonds is 6. The maximum atomic E-state index is 12.2. The Morgan fingerprint density at radius 1 is 1.06 bits per heavy atom. The van der Waals surface area contributed by atoms with Gasteiger partial charge in [-0.3, -0.25) is 0 Å². The molecule has 0 unspecified atom stereocenters. The summed E-state index contributed by atoms with van der Waals surface area (Å²) in [6.45, 7) is 5.20. The van der Waals surface area contributed by atoms with Gasteiger partial charge in [-0.15, -0.1) is 0 Å². The maximum Gasteiger partial charge on any atom is 0.344 e. The number of anilines is 3. The van der Waals surface area contributed by atoms with E-state index in [0.717, 1.165) is 5.69 Å². The van der Waals surface area contributed by atoms with Crippen LogP contribution in [0.4, 0.5) is 17.5 Å². The van der Waals surface area contributed by atoms with E-state index in [0.29, 0.717) is 29.0 Å². The van der Waals surface area contributed by atoms with Crippen molar-refractivity contribution in [2.24, 2.45) is 0 Å². The van der Waals surface area contributed by atoms with Crippen molar-refractivity contribution in [3.8, 4) is 0 Å². The van der Waals surface area contributed by atoms with Crippen molar-refractivity contribution < 1.29 is 19.1 Å². The van der Waals surface area contributed by atoms with Crippen molar-refractivity contribution in [3.05, 3.63) is 41.7 Å². The third-order valence-corrected chi connectivity index (χ3v) is 4.19. The SMILES string of the molecule is CN(Cc1cnc2nc(N)nc(N)c2n1)c1ccc(C(=O)OCC(=O)OC(C)(C)C)cc1. The Balaban J connectivity index is 1.62. The van der Waals surface area contributed by atoms with E-state index in [1.807, 2.05) is 11.9 Å². The number of nitrogen functional groups attached to an aromatic ring is 2. The zero-order chi connectivity index (χ0) is 23.5. The Kier molecular flexibility index (Phi) is 6.37. The third-order valence-electron chi connectivity index (χ3n) is 4.19. The predicted octanol–water partition coefficient (Wildman–Crippen LogP) is 1.72. The molecule has 0 atom stereocenters. The van der Waals surface area contributed by atoms with Gasteiger partial charge in [0.25, 0.3) is 0 Å². The second-order valence-corrected chi connectivity index (χ2v) is 8.07. The molecule has 0 fully saturated rings. The summed E-state index contributed by atoms with van der Waals surface area (Å²) in [5.74, 6) is -1.01. The quantitative estimate of drug-likeness (QED) is 0.538. The topological polar surface area (TPSA) is 159 Å². The van der Waals surface area contributed by atoms with Crippen LogP contribution in [0.1, 0.15) is 36.8 Å². The van der Waals surface area contributed by atoms with Gasteiger partial charge in [0.1, 0.15) is 5.60 Å². The minimum Gasteiger partial charge on any atom is -0.457 e. The average Bonchev–Trinajstić information content (AvgIpc) is 2.71. The number of nitrogens with zero attached hydrogens (tertiary/aromatic N) is 5. The predicted molar refractivity (Wildman–Crippen MR) is 119 cm³/mol. The van der Waals surface area contributed by atoms with Gasteiger partial charge in [0.05, 0.1) is 24.0 Å². The second kappa shape index (κ2) is 9.00. The van der Waals surface area contributed by atoms with Crippen LogP contribution in [-0.4, -0.2) is 51.1 Å². The molecule has 0 aliphatic carbocycles. The fourth-order valence-electron chi connectivity index (χ4n) is 2.82. The number of carbonyl (C=O) groups excluding carboxylic acids is 2. The minimum atomic E-state index is -0.642. The normalized spacial score (nSPS) is 11.2. The number of ether oxygens (including phenoxy) is 2. The molecule has 32 heavy (non-hydrogen) atoms. The first-order valence-corrected chi connectivity index (χ1v) is 9.76. The highest BCUT2D eigenvalue weighted by molar-refractivity contribution is 5.91. The Hall–Kier alpha value is -4.02. The molecule has 0 saturated heterocycles. The van der Waals surface area contributed by atoms with Gasteiger partial charge in [-0.25, -0.2) is 19.6 Å². The van der Waals surface area contributed by atoms with E-state index in [1.54, 1.807) is 51.2 Å². The van der Waals surface area contributed by atoms with Crippen molar-refractivity contribution in [2.45, 2.75) is 32.9 Å². The smallest absolute Gasteiger partial charge is 0.344 e. The van der Waals surface area contributed by atoms with Gasteiger partial charge in [-0.2, -0.15) is 9.97 Å². The van der Waals surface area contributed by atoms with Gasteiger partial charge >= 0.3 is 11.9 Å². The van der Waals surface area contributed by atoms with Crippen LogP contribution in [0.5, 0.6) is 0 Å². The molecule has 1 aromatic carbocycles. The van der Waals surface area contributed by atoms with Crippen molar-refractivity contribution in [1.29, 1.82) is 0 Å². The molecule has 3 rings (SSSR count). The van der Waals surface area contributed by atoms with Crippen LogP contribution >= 0.6 is 0 Å². The number of esters is 2. The second-order valence-electron chi connectivity index (χ2n) is 8.07. The van der Waals surface area contributed by atoms with Crippen molar-refractivity contribution >= 4 is 40.6 Å². The molecule has 3 aromatic rings. The van der Waals surface area contributed by atoms with E-state index in [-0.39, 0.29) is 11.8 Å². The van der Waals surface area contributed by atoms with Gasteiger partial charge in [0.15, 0.2) is 23.6 Å². The van der Waals surface area contributed by atoms with Gasteiger partial charge in [-0.05, 0) is 45.0 Å². The lowest BCUT2D eigenvalue weighted by molar-refractivity contribution is -0.158. The van der Waals surface area contributed by atoms with Crippen LogP contribution in [0.3, 0.4) is 0 Å². The molecule has 0 bridgehead atoms. The maximum absolute atomic E-state index is 12.2. The van der Waals surface area contributed by atoms with Crippen molar-refractivity contribution in [1.82, 2.24) is 19.9 Å². The first-order chi connectivity index (χ1) is 15.0. The largest absolute Gasteiger partial charge is 0.457 e. The highest BCUT2D eigenvalue weighted by atomic mass is 16.6. The molecule has 11 heteroatoms. The lowest BCUT2D eigenvalue weighted by Crippen LogP contribution is -2.27. The first kappa shape index (κ1) is 22.7. The lowest BCUT2D eigenvalue weighted by Gasteiger charge is -2.20. The van der Waals surface area contributed by atoms with Crippen molar-refractivity contribution in [2.75, 3.05) is 30.0 Å². The number of hydrogen-bond acceptors (Lipinski definition) is 11. The van der Waals surface area contributed by atoms with Crippen LogP contribution < -0.4 is 16.4 Å². The van der Waals surface area contributed by atoms with Gasteiger partial charge in [-0.1, -0.05) is 0 Å². The number of benzene rings is 1. The van der Waals surface area contributed by atoms with E-state index in [1.165, 1.54) is 0 Å². The average molecular weight is 439 g/mol. The van der Waals surface area contributed by atoms with Crippen LogP contribution in [-0.2, 0) is 20.8 Å². The Labute approximate surface area is 184 Å². The molecule has 0 saturated carbocycles. The number of hydrogen-bond donors (Lipinski definition) is 2. The fraction of sp³-hybridized carbons (Fsp3) is 0.333. The molecule has 0 radical (unpaired) electrons. The van der Waals surface area contributed by atoms with Crippen LogP contribution in [0.25, 0.3) is 11.2 Å². The highest BCUT2D eigenvalue weighted by Gasteiger charge is 2.18. The molecule has 2 aromatic heterocycles. The molecule has 2 heterocycles. The summed E-state index contributed by atoms with van der Waals surface area (Å²) in [7, 11) is 1.87. The summed E-state index contributed by atoms with van der Waals surface area (Å²) < 4.78 is 10.1. The molecule has 168 valence electrons. The van der Waals surface area contributed by atoms with Gasteiger partial charge < -0.3 is 25.8 Å². The first-order valence-electron chi connectivity index (χ1n) is 9.76. The van der Waals surface area contributed by atoms with E-state index < -0.39 is 24.1 Å². The fourth-order valence-corrected chi connectivity index (χ4v) is 2.82. The summed E-state index contributed by atoms with van der Waals surface area (Å²) in [5, 5.41) is 0. The summed E-state index contributed by atoms with van der Waals surface area (Å²) in [5.41, 5.74) is 13.3. The number of nitrogens with two attached hydrogens (primary N) is 2. The summed E-state index contributed by atoms with van der Waals surface area (Å²) >= 11 is 0. The van der Waals surface area contributed by atoms with E-state index in [9.17, 15) is 9.59 Å². The molecule has 0 amide bonds. The molecular weight excluding hydrogens is 414 g/mol. The molecular formula is C21H25N7O4. The number of aromatic nitrogens is 4. The number of carbonyl (C=O) groups is 2. The van der Waals surface area contributed by atoms with Crippen LogP contribution in [0, 0.1) is 0 Å². The highest BCUT2D eigenvalue weighted by Crippen LogP contribution is 2.19. The Bertz CT molecular complexity index is 1140. The van der Waals surface area contributed by atoms with Gasteiger partial charge in [0.2, 0.25) is 5.95 Å². The van der Waals surface area contributed by atoms with Crippen LogP contribution in [0.2, 0.25) is 0 Å². The van der Waals surface area contributed by atoms with E-state index >= 15 is 0 Å². The van der Waals surface area contributed by atoms with Crippen molar-refractivity contribution in [3.63, 3.8) is 0 Å².